The zero-order valence-electron chi connectivity index (χ0n) is 15.9. The van der Waals surface area contributed by atoms with E-state index in [0.717, 1.165) is 29.3 Å². The van der Waals surface area contributed by atoms with Crippen molar-refractivity contribution in [2.24, 2.45) is 11.3 Å². The van der Waals surface area contributed by atoms with Crippen LogP contribution in [0, 0.1) is 11.3 Å². The summed E-state index contributed by atoms with van der Waals surface area (Å²) in [5.41, 5.74) is 2.13. The number of likely N-dealkylation sites (tertiary alicyclic amines) is 1. The highest BCUT2D eigenvalue weighted by Gasteiger charge is 2.55. The Hall–Kier alpha value is -3.28. The highest BCUT2D eigenvalue weighted by atomic mass is 16.4. The van der Waals surface area contributed by atoms with Crippen molar-refractivity contribution in [1.82, 2.24) is 14.9 Å². The smallest absolute Gasteiger partial charge is 0.311 e. The van der Waals surface area contributed by atoms with Crippen LogP contribution in [0.3, 0.4) is 0 Å². The van der Waals surface area contributed by atoms with Gasteiger partial charge in [-0.2, -0.15) is 0 Å². The number of aliphatic carboxylic acids is 1. The lowest BCUT2D eigenvalue weighted by atomic mass is 9.81. The summed E-state index contributed by atoms with van der Waals surface area (Å²) in [6.45, 7) is 0.791. The molecule has 0 bridgehead atoms. The predicted octanol–water partition coefficient (Wildman–Crippen LogP) is 3.62. The van der Waals surface area contributed by atoms with Crippen LogP contribution in [0.4, 0.5) is 0 Å². The minimum atomic E-state index is -0.785. The molecule has 29 heavy (non-hydrogen) atoms. The standard InChI is InChI=1S/C23H21N3O3/c27-21(26-13-16-4-3-9-23(16,14-26)22(28)29)18-12-20(15-7-10-24-11-8-15)25-19-6-2-1-5-17(18)19/h1-2,5-8,10-12,16H,3-4,9,13-14H2,(H,28,29)/t16-,23+/m0/s1. The number of carbonyl (C=O) groups excluding carboxylic acids is 1. The first kappa shape index (κ1) is 17.8. The molecule has 0 radical (unpaired) electrons. The Labute approximate surface area is 168 Å². The average Bonchev–Trinajstić information content (AvgIpc) is 3.32. The number of carbonyl (C=O) groups is 2. The summed E-state index contributed by atoms with van der Waals surface area (Å²) in [4.78, 5) is 36.0. The number of aromatic nitrogens is 2. The number of carboxylic acids is 1. The van der Waals surface area contributed by atoms with Gasteiger partial charge < -0.3 is 10.0 Å². The zero-order valence-corrected chi connectivity index (χ0v) is 15.9. The fourth-order valence-electron chi connectivity index (χ4n) is 4.99. The minimum absolute atomic E-state index is 0.0386. The second-order valence-electron chi connectivity index (χ2n) is 8.04. The molecule has 146 valence electrons. The van der Waals surface area contributed by atoms with E-state index >= 15 is 0 Å². The number of benzene rings is 1. The number of rotatable bonds is 3. The molecule has 2 fully saturated rings. The van der Waals surface area contributed by atoms with Crippen molar-refractivity contribution in [3.63, 3.8) is 0 Å². The Morgan fingerprint density at radius 1 is 1.14 bits per heavy atom. The molecular formula is C23H21N3O3. The highest BCUT2D eigenvalue weighted by Crippen LogP contribution is 2.49. The third-order valence-corrected chi connectivity index (χ3v) is 6.51. The maximum absolute atomic E-state index is 13.5. The summed E-state index contributed by atoms with van der Waals surface area (Å²) < 4.78 is 0. The number of fused-ring (bicyclic) bond motifs is 2. The topological polar surface area (TPSA) is 83.4 Å². The second kappa shape index (κ2) is 6.65. The third-order valence-electron chi connectivity index (χ3n) is 6.51. The van der Waals surface area contributed by atoms with Gasteiger partial charge in [0.1, 0.15) is 0 Å². The molecule has 2 atom stereocenters. The van der Waals surface area contributed by atoms with Crippen molar-refractivity contribution < 1.29 is 14.7 Å². The molecule has 3 aromatic rings. The van der Waals surface area contributed by atoms with E-state index in [0.29, 0.717) is 24.2 Å². The van der Waals surface area contributed by atoms with Crippen LogP contribution in [0.5, 0.6) is 0 Å². The van der Waals surface area contributed by atoms with Gasteiger partial charge in [-0.25, -0.2) is 4.98 Å². The van der Waals surface area contributed by atoms with E-state index in [1.165, 1.54) is 0 Å². The largest absolute Gasteiger partial charge is 0.481 e. The van der Waals surface area contributed by atoms with Gasteiger partial charge in [-0.15, -0.1) is 0 Å². The maximum Gasteiger partial charge on any atom is 0.311 e. The summed E-state index contributed by atoms with van der Waals surface area (Å²) in [6.07, 6.45) is 5.84. The normalized spacial score (nSPS) is 23.3. The monoisotopic (exact) mass is 387 g/mol. The van der Waals surface area contributed by atoms with Gasteiger partial charge in [0.15, 0.2) is 0 Å². The number of carboxylic acid groups (broad SMARTS) is 1. The number of amides is 1. The predicted molar refractivity (Wildman–Crippen MR) is 108 cm³/mol. The van der Waals surface area contributed by atoms with Crippen molar-refractivity contribution in [3.8, 4) is 11.3 Å². The van der Waals surface area contributed by atoms with Crippen molar-refractivity contribution in [2.45, 2.75) is 19.3 Å². The molecule has 2 aromatic heterocycles. The molecule has 1 saturated heterocycles. The minimum Gasteiger partial charge on any atom is -0.481 e. The van der Waals surface area contributed by atoms with Gasteiger partial charge in [-0.1, -0.05) is 24.6 Å². The van der Waals surface area contributed by atoms with E-state index in [1.54, 1.807) is 17.3 Å². The van der Waals surface area contributed by atoms with E-state index in [2.05, 4.69) is 4.98 Å². The van der Waals surface area contributed by atoms with Crippen LogP contribution < -0.4 is 0 Å². The summed E-state index contributed by atoms with van der Waals surface area (Å²) in [5, 5.41) is 10.6. The van der Waals surface area contributed by atoms with E-state index in [-0.39, 0.29) is 18.4 Å². The van der Waals surface area contributed by atoms with Crippen LogP contribution in [-0.2, 0) is 4.79 Å². The zero-order chi connectivity index (χ0) is 20.0. The molecule has 6 heteroatoms. The molecule has 5 rings (SSSR count). The molecule has 6 nitrogen and oxygen atoms in total. The van der Waals surface area contributed by atoms with Gasteiger partial charge >= 0.3 is 5.97 Å². The third kappa shape index (κ3) is 2.78. The summed E-state index contributed by atoms with van der Waals surface area (Å²) in [6, 6.07) is 13.1. The molecule has 3 heterocycles. The lowest BCUT2D eigenvalue weighted by Gasteiger charge is -2.23. The van der Waals surface area contributed by atoms with Crippen LogP contribution in [0.1, 0.15) is 29.6 Å². The van der Waals surface area contributed by atoms with Crippen molar-refractivity contribution in [1.29, 1.82) is 0 Å². The Balaban J connectivity index is 1.58. The number of hydrogen-bond donors (Lipinski definition) is 1. The van der Waals surface area contributed by atoms with Crippen LogP contribution in [0.25, 0.3) is 22.2 Å². The Kier molecular flexibility index (Phi) is 4.08. The van der Waals surface area contributed by atoms with Crippen molar-refractivity contribution >= 4 is 22.8 Å². The quantitative estimate of drug-likeness (QED) is 0.742. The number of pyridine rings is 2. The van der Waals surface area contributed by atoms with Gasteiger partial charge in [0, 0.05) is 36.4 Å². The number of hydrogen-bond acceptors (Lipinski definition) is 4. The fraction of sp³-hybridized carbons (Fsp3) is 0.304. The second-order valence-corrected chi connectivity index (χ2v) is 8.04. The van der Waals surface area contributed by atoms with E-state index in [1.807, 2.05) is 42.5 Å². The highest BCUT2D eigenvalue weighted by molar-refractivity contribution is 6.07. The SMILES string of the molecule is O=C(c1cc(-c2ccncc2)nc2ccccc12)N1C[C@@H]2CCC[C@@]2(C(=O)O)C1. The molecule has 1 aliphatic carbocycles. The molecule has 1 amide bonds. The molecule has 1 aromatic carbocycles. The lowest BCUT2D eigenvalue weighted by Crippen LogP contribution is -2.37. The van der Waals surface area contributed by atoms with Gasteiger partial charge in [-0.3, -0.25) is 14.6 Å². The first-order chi connectivity index (χ1) is 14.1. The first-order valence-electron chi connectivity index (χ1n) is 9.91. The lowest BCUT2D eigenvalue weighted by molar-refractivity contribution is -0.149. The number of nitrogens with zero attached hydrogens (tertiary/aromatic N) is 3. The van der Waals surface area contributed by atoms with Crippen LogP contribution >= 0.6 is 0 Å². The molecule has 2 aliphatic rings. The molecule has 0 unspecified atom stereocenters. The number of para-hydroxylation sites is 1. The van der Waals surface area contributed by atoms with E-state index in [9.17, 15) is 14.7 Å². The van der Waals surface area contributed by atoms with Gasteiger partial charge in [-0.05, 0) is 43.0 Å². The first-order valence-corrected chi connectivity index (χ1v) is 9.91. The molecular weight excluding hydrogens is 366 g/mol. The van der Waals surface area contributed by atoms with E-state index in [4.69, 9.17) is 4.98 Å². The summed E-state index contributed by atoms with van der Waals surface area (Å²) >= 11 is 0. The Morgan fingerprint density at radius 3 is 2.69 bits per heavy atom. The molecule has 1 N–H and O–H groups in total. The van der Waals surface area contributed by atoms with Gasteiger partial charge in [0.2, 0.25) is 0 Å². The molecule has 0 spiro atoms. The van der Waals surface area contributed by atoms with Gasteiger partial charge in [0.25, 0.3) is 5.91 Å². The Morgan fingerprint density at radius 2 is 1.93 bits per heavy atom. The van der Waals surface area contributed by atoms with E-state index < -0.39 is 11.4 Å². The Bertz CT molecular complexity index is 1110. The van der Waals surface area contributed by atoms with Gasteiger partial charge in [0.05, 0.1) is 22.2 Å². The van der Waals surface area contributed by atoms with Crippen LogP contribution in [0.2, 0.25) is 0 Å². The van der Waals surface area contributed by atoms with Crippen LogP contribution in [-0.4, -0.2) is 44.9 Å². The average molecular weight is 387 g/mol. The van der Waals surface area contributed by atoms with Crippen molar-refractivity contribution in [2.75, 3.05) is 13.1 Å². The van der Waals surface area contributed by atoms with Crippen LogP contribution in [0.15, 0.2) is 54.9 Å². The maximum atomic E-state index is 13.5. The molecule has 1 aliphatic heterocycles. The summed E-state index contributed by atoms with van der Waals surface area (Å²) in [5.74, 6) is -0.849. The summed E-state index contributed by atoms with van der Waals surface area (Å²) in [7, 11) is 0. The molecule has 1 saturated carbocycles. The van der Waals surface area contributed by atoms with Crippen molar-refractivity contribution in [3.05, 3.63) is 60.4 Å². The fourth-order valence-corrected chi connectivity index (χ4v) is 4.99.